The van der Waals surface area contributed by atoms with Crippen molar-refractivity contribution in [1.82, 2.24) is 4.98 Å². The topological polar surface area (TPSA) is 62.2 Å². The van der Waals surface area contributed by atoms with Crippen molar-refractivity contribution in [3.63, 3.8) is 0 Å². The van der Waals surface area contributed by atoms with Crippen LogP contribution in [-0.4, -0.2) is 16.0 Å². The lowest BCUT2D eigenvalue weighted by Gasteiger charge is -2.13. The minimum Gasteiger partial charge on any atom is -0.506 e. The summed E-state index contributed by atoms with van der Waals surface area (Å²) in [6.07, 6.45) is 1.11. The van der Waals surface area contributed by atoms with Gasteiger partial charge in [-0.3, -0.25) is 4.79 Å². The van der Waals surface area contributed by atoms with Crippen LogP contribution in [0.1, 0.15) is 34.4 Å². The Labute approximate surface area is 131 Å². The van der Waals surface area contributed by atoms with Crippen LogP contribution in [0.5, 0.6) is 5.75 Å². The van der Waals surface area contributed by atoms with Crippen LogP contribution in [0.15, 0.2) is 24.3 Å². The number of nitrogens with one attached hydrogen (secondary N) is 1. The third-order valence-corrected chi connectivity index (χ3v) is 4.04. The molecule has 0 saturated heterocycles. The molecule has 116 valence electrons. The van der Waals surface area contributed by atoms with Gasteiger partial charge in [0, 0.05) is 6.42 Å². The molecule has 0 saturated carbocycles. The quantitative estimate of drug-likeness (QED) is 0.906. The van der Waals surface area contributed by atoms with Crippen LogP contribution in [0.4, 0.5) is 5.82 Å². The average molecular weight is 298 g/mol. The van der Waals surface area contributed by atoms with Crippen molar-refractivity contribution >= 4 is 11.7 Å². The summed E-state index contributed by atoms with van der Waals surface area (Å²) in [5.74, 6) is 0.654. The molecule has 0 unspecified atom stereocenters. The Bertz CT molecular complexity index is 708. The molecule has 0 aliphatic rings. The molecule has 2 N–H and O–H groups in total. The SMILES string of the molecule is Cc1ccccc1CCC(=O)Nc1nc(C)c(O)c(C)c1C. The van der Waals surface area contributed by atoms with E-state index in [0.29, 0.717) is 24.4 Å². The number of carbonyl (C=O) groups excluding carboxylic acids is 1. The Morgan fingerprint density at radius 1 is 1.14 bits per heavy atom. The summed E-state index contributed by atoms with van der Waals surface area (Å²) in [6.45, 7) is 7.44. The highest BCUT2D eigenvalue weighted by molar-refractivity contribution is 5.90. The molecule has 0 atom stereocenters. The van der Waals surface area contributed by atoms with E-state index in [9.17, 15) is 9.90 Å². The van der Waals surface area contributed by atoms with Gasteiger partial charge in [-0.25, -0.2) is 4.98 Å². The Kier molecular flexibility index (Phi) is 4.81. The number of aryl methyl sites for hydroxylation is 3. The van der Waals surface area contributed by atoms with Crippen molar-refractivity contribution in [3.05, 3.63) is 52.2 Å². The van der Waals surface area contributed by atoms with Crippen LogP contribution < -0.4 is 5.32 Å². The smallest absolute Gasteiger partial charge is 0.225 e. The van der Waals surface area contributed by atoms with Gasteiger partial charge in [0.15, 0.2) is 0 Å². The van der Waals surface area contributed by atoms with Gasteiger partial charge in [0.2, 0.25) is 5.91 Å². The normalized spacial score (nSPS) is 10.5. The van der Waals surface area contributed by atoms with E-state index >= 15 is 0 Å². The van der Waals surface area contributed by atoms with E-state index in [1.54, 1.807) is 6.92 Å². The molecular formula is C18H22N2O2. The number of pyridine rings is 1. The summed E-state index contributed by atoms with van der Waals surface area (Å²) in [6, 6.07) is 8.07. The maximum absolute atomic E-state index is 12.1. The number of nitrogens with zero attached hydrogens (tertiary/aromatic N) is 1. The van der Waals surface area contributed by atoms with Crippen molar-refractivity contribution in [1.29, 1.82) is 0 Å². The number of aromatic hydroxyl groups is 1. The Hall–Kier alpha value is -2.36. The predicted octanol–water partition coefficient (Wildman–Crippen LogP) is 3.59. The second-order valence-corrected chi connectivity index (χ2v) is 5.62. The fourth-order valence-corrected chi connectivity index (χ4v) is 2.39. The number of aromatic nitrogens is 1. The number of hydrogen-bond donors (Lipinski definition) is 2. The minimum absolute atomic E-state index is 0.0663. The van der Waals surface area contributed by atoms with Gasteiger partial charge in [-0.2, -0.15) is 0 Å². The first-order valence-corrected chi connectivity index (χ1v) is 7.41. The molecule has 0 spiro atoms. The summed E-state index contributed by atoms with van der Waals surface area (Å²) in [7, 11) is 0. The second-order valence-electron chi connectivity index (χ2n) is 5.62. The van der Waals surface area contributed by atoms with Gasteiger partial charge in [0.05, 0.1) is 5.69 Å². The fraction of sp³-hybridized carbons (Fsp3) is 0.333. The second kappa shape index (κ2) is 6.60. The summed E-state index contributed by atoms with van der Waals surface area (Å²) >= 11 is 0. The molecule has 0 aliphatic heterocycles. The minimum atomic E-state index is -0.0663. The van der Waals surface area contributed by atoms with E-state index in [0.717, 1.165) is 11.1 Å². The highest BCUT2D eigenvalue weighted by Crippen LogP contribution is 2.27. The summed E-state index contributed by atoms with van der Waals surface area (Å²) in [5.41, 5.74) is 4.45. The fourth-order valence-electron chi connectivity index (χ4n) is 2.39. The highest BCUT2D eigenvalue weighted by Gasteiger charge is 2.13. The first-order valence-electron chi connectivity index (χ1n) is 7.41. The van der Waals surface area contributed by atoms with Gasteiger partial charge in [0.1, 0.15) is 11.6 Å². The molecule has 0 radical (unpaired) electrons. The molecule has 0 fully saturated rings. The number of hydrogen-bond acceptors (Lipinski definition) is 3. The van der Waals surface area contributed by atoms with Gasteiger partial charge >= 0.3 is 0 Å². The van der Waals surface area contributed by atoms with E-state index in [1.807, 2.05) is 45.0 Å². The van der Waals surface area contributed by atoms with Gasteiger partial charge < -0.3 is 10.4 Å². The summed E-state index contributed by atoms with van der Waals surface area (Å²) in [5, 5.41) is 12.7. The molecule has 4 nitrogen and oxygen atoms in total. The van der Waals surface area contributed by atoms with E-state index in [4.69, 9.17) is 0 Å². The standard InChI is InChI=1S/C18H22N2O2/c1-11-7-5-6-8-15(11)9-10-16(21)20-18-13(3)12(2)17(22)14(4)19-18/h5-8,22H,9-10H2,1-4H3,(H,19,20,21). The van der Waals surface area contributed by atoms with E-state index in [1.165, 1.54) is 11.1 Å². The number of carbonyl (C=O) groups is 1. The van der Waals surface area contributed by atoms with E-state index in [-0.39, 0.29) is 11.7 Å². The van der Waals surface area contributed by atoms with Crippen LogP contribution in [0.25, 0.3) is 0 Å². The van der Waals surface area contributed by atoms with Crippen molar-refractivity contribution < 1.29 is 9.90 Å². The molecule has 2 aromatic rings. The highest BCUT2D eigenvalue weighted by atomic mass is 16.3. The van der Waals surface area contributed by atoms with Gasteiger partial charge in [-0.05, 0) is 56.4 Å². The van der Waals surface area contributed by atoms with Gasteiger partial charge in [-0.1, -0.05) is 24.3 Å². The molecule has 1 aromatic carbocycles. The molecular weight excluding hydrogens is 276 g/mol. The zero-order chi connectivity index (χ0) is 16.3. The maximum Gasteiger partial charge on any atom is 0.225 e. The first kappa shape index (κ1) is 16.0. The van der Waals surface area contributed by atoms with Crippen LogP contribution in [-0.2, 0) is 11.2 Å². The van der Waals surface area contributed by atoms with Crippen molar-refractivity contribution in [2.45, 2.75) is 40.5 Å². The lowest BCUT2D eigenvalue weighted by atomic mass is 10.0. The molecule has 1 amide bonds. The summed E-state index contributed by atoms with van der Waals surface area (Å²) in [4.78, 5) is 16.4. The Morgan fingerprint density at radius 2 is 1.82 bits per heavy atom. The van der Waals surface area contributed by atoms with Crippen molar-refractivity contribution in [2.24, 2.45) is 0 Å². The Morgan fingerprint density at radius 3 is 2.50 bits per heavy atom. The molecule has 0 aliphatic carbocycles. The molecule has 2 rings (SSSR count). The number of amides is 1. The van der Waals surface area contributed by atoms with E-state index in [2.05, 4.69) is 10.3 Å². The molecule has 4 heteroatoms. The lowest BCUT2D eigenvalue weighted by molar-refractivity contribution is -0.116. The first-order chi connectivity index (χ1) is 10.4. The zero-order valence-electron chi connectivity index (χ0n) is 13.5. The molecule has 1 aromatic heterocycles. The van der Waals surface area contributed by atoms with Gasteiger partial charge in [-0.15, -0.1) is 0 Å². The summed E-state index contributed by atoms with van der Waals surface area (Å²) < 4.78 is 0. The van der Waals surface area contributed by atoms with Crippen LogP contribution in [0.3, 0.4) is 0 Å². The van der Waals surface area contributed by atoms with Gasteiger partial charge in [0.25, 0.3) is 0 Å². The third kappa shape index (κ3) is 3.45. The average Bonchev–Trinajstić information content (AvgIpc) is 2.49. The molecule has 0 bridgehead atoms. The number of anilines is 1. The van der Waals surface area contributed by atoms with Crippen molar-refractivity contribution in [3.8, 4) is 5.75 Å². The van der Waals surface area contributed by atoms with Crippen LogP contribution in [0, 0.1) is 27.7 Å². The monoisotopic (exact) mass is 298 g/mol. The molecule has 22 heavy (non-hydrogen) atoms. The Balaban J connectivity index is 2.06. The zero-order valence-corrected chi connectivity index (χ0v) is 13.5. The number of rotatable bonds is 4. The third-order valence-electron chi connectivity index (χ3n) is 4.04. The predicted molar refractivity (Wildman–Crippen MR) is 88.2 cm³/mol. The largest absolute Gasteiger partial charge is 0.506 e. The van der Waals surface area contributed by atoms with Crippen LogP contribution in [0.2, 0.25) is 0 Å². The van der Waals surface area contributed by atoms with Crippen LogP contribution >= 0.6 is 0 Å². The van der Waals surface area contributed by atoms with Crippen molar-refractivity contribution in [2.75, 3.05) is 5.32 Å². The molecule has 1 heterocycles. The number of benzene rings is 1. The van der Waals surface area contributed by atoms with E-state index < -0.39 is 0 Å². The maximum atomic E-state index is 12.1. The lowest BCUT2D eigenvalue weighted by Crippen LogP contribution is -2.15.